The van der Waals surface area contributed by atoms with Gasteiger partial charge in [-0.1, -0.05) is 6.58 Å². The highest BCUT2D eigenvalue weighted by Gasteiger charge is 2.14. The van der Waals surface area contributed by atoms with Crippen molar-refractivity contribution in [1.82, 2.24) is 9.97 Å². The van der Waals surface area contributed by atoms with Gasteiger partial charge < -0.3 is 15.4 Å². The van der Waals surface area contributed by atoms with Gasteiger partial charge in [-0.2, -0.15) is 4.39 Å². The number of nitrogens with zero attached hydrogens (tertiary/aromatic N) is 3. The number of hydrogen-bond donors (Lipinski definition) is 2. The molecule has 1 amide bonds. The molecule has 30 heavy (non-hydrogen) atoms. The van der Waals surface area contributed by atoms with Gasteiger partial charge in [0.15, 0.2) is 0 Å². The van der Waals surface area contributed by atoms with Gasteiger partial charge >= 0.3 is 0 Å². The van der Waals surface area contributed by atoms with Crippen molar-refractivity contribution in [3.05, 3.63) is 66.4 Å². The van der Waals surface area contributed by atoms with Crippen LogP contribution >= 0.6 is 0 Å². The van der Waals surface area contributed by atoms with E-state index in [-0.39, 0.29) is 28.6 Å². The maximum atomic E-state index is 13.3. The lowest BCUT2D eigenvalue weighted by Crippen LogP contribution is -2.15. The Labute approximate surface area is 169 Å². The SMILES string of the molecule is C=C(F)C=N/C(=C\C)Nc1cc(C(=O)Nc2cnc(F)cc2OCC(F)F)ccn1. The molecule has 0 aliphatic carbocycles. The standard InChI is InChI=1S/C19H17F4N5O2/c1-3-17(26-8-11(2)20)28-18-6-12(4-5-24-18)19(29)27-13-9-25-16(23)7-14(13)30-10-15(21)22/h3-9,15H,2,10H2,1H3,(H,24,28)(H,27,29)/b17-3+,26-8?. The number of rotatable bonds is 9. The van der Waals surface area contributed by atoms with Crippen LogP contribution in [-0.2, 0) is 0 Å². The van der Waals surface area contributed by atoms with Crippen LogP contribution in [0.3, 0.4) is 0 Å². The van der Waals surface area contributed by atoms with Crippen molar-refractivity contribution in [3.63, 3.8) is 0 Å². The van der Waals surface area contributed by atoms with E-state index in [1.807, 2.05) is 0 Å². The number of hydrogen-bond acceptors (Lipinski definition) is 6. The number of aromatic nitrogens is 2. The van der Waals surface area contributed by atoms with Crippen LogP contribution in [0.15, 0.2) is 59.9 Å². The molecule has 0 aromatic carbocycles. The fraction of sp³-hybridized carbons (Fsp3) is 0.158. The van der Waals surface area contributed by atoms with E-state index in [0.29, 0.717) is 0 Å². The number of pyridine rings is 2. The number of alkyl halides is 2. The fourth-order valence-corrected chi connectivity index (χ4v) is 2.06. The molecule has 0 aliphatic rings. The molecule has 0 spiro atoms. The van der Waals surface area contributed by atoms with Gasteiger partial charge in [-0.15, -0.1) is 0 Å². The molecule has 2 aromatic rings. The highest BCUT2D eigenvalue weighted by atomic mass is 19.3. The van der Waals surface area contributed by atoms with E-state index in [9.17, 15) is 22.4 Å². The normalized spacial score (nSPS) is 11.6. The lowest BCUT2D eigenvalue weighted by atomic mass is 10.2. The molecule has 11 heteroatoms. The summed E-state index contributed by atoms with van der Waals surface area (Å²) in [5, 5.41) is 5.20. The third kappa shape index (κ3) is 7.00. The van der Waals surface area contributed by atoms with Crippen molar-refractivity contribution in [3.8, 4) is 5.75 Å². The highest BCUT2D eigenvalue weighted by molar-refractivity contribution is 6.05. The molecule has 0 atom stereocenters. The zero-order chi connectivity index (χ0) is 22.1. The molecule has 0 saturated carbocycles. The Balaban J connectivity index is 2.17. The summed E-state index contributed by atoms with van der Waals surface area (Å²) in [7, 11) is 0. The first-order chi connectivity index (χ1) is 14.3. The predicted molar refractivity (Wildman–Crippen MR) is 104 cm³/mol. The largest absolute Gasteiger partial charge is 0.485 e. The Kier molecular flexibility index (Phi) is 8.03. The van der Waals surface area contributed by atoms with Crippen LogP contribution in [0, 0.1) is 5.95 Å². The zero-order valence-electron chi connectivity index (χ0n) is 15.7. The Morgan fingerprint density at radius 3 is 2.77 bits per heavy atom. The van der Waals surface area contributed by atoms with Gasteiger partial charge in [0.25, 0.3) is 12.3 Å². The lowest BCUT2D eigenvalue weighted by Gasteiger charge is -2.12. The molecule has 0 unspecified atom stereocenters. The first-order valence-electron chi connectivity index (χ1n) is 8.44. The van der Waals surface area contributed by atoms with Crippen molar-refractivity contribution < 1.29 is 27.1 Å². The van der Waals surface area contributed by atoms with E-state index in [4.69, 9.17) is 4.74 Å². The Morgan fingerprint density at radius 2 is 2.10 bits per heavy atom. The van der Waals surface area contributed by atoms with E-state index in [1.54, 1.807) is 13.0 Å². The van der Waals surface area contributed by atoms with Gasteiger partial charge in [-0.3, -0.25) is 4.79 Å². The summed E-state index contributed by atoms with van der Waals surface area (Å²) in [6.45, 7) is 3.73. The summed E-state index contributed by atoms with van der Waals surface area (Å²) >= 11 is 0. The minimum Gasteiger partial charge on any atom is -0.485 e. The number of carbonyl (C=O) groups excluding carboxylic acids is 1. The lowest BCUT2D eigenvalue weighted by molar-refractivity contribution is 0.0819. The van der Waals surface area contributed by atoms with E-state index in [0.717, 1.165) is 18.5 Å². The maximum Gasteiger partial charge on any atom is 0.272 e. The number of nitrogens with one attached hydrogen (secondary N) is 2. The summed E-state index contributed by atoms with van der Waals surface area (Å²) in [5.41, 5.74) is 0.0412. The molecule has 2 N–H and O–H groups in total. The molecule has 0 radical (unpaired) electrons. The second-order valence-corrected chi connectivity index (χ2v) is 5.59. The molecule has 0 saturated heterocycles. The second kappa shape index (κ2) is 10.7. The zero-order valence-corrected chi connectivity index (χ0v) is 15.7. The van der Waals surface area contributed by atoms with Gasteiger partial charge in [-0.05, 0) is 25.1 Å². The smallest absolute Gasteiger partial charge is 0.272 e. The van der Waals surface area contributed by atoms with Crippen LogP contribution in [0.5, 0.6) is 5.75 Å². The van der Waals surface area contributed by atoms with Crippen molar-refractivity contribution in [2.45, 2.75) is 13.3 Å². The molecule has 2 heterocycles. The van der Waals surface area contributed by atoms with E-state index in [1.165, 1.54) is 18.3 Å². The Hall–Kier alpha value is -3.76. The summed E-state index contributed by atoms with van der Waals surface area (Å²) < 4.78 is 55.6. The highest BCUT2D eigenvalue weighted by Crippen LogP contribution is 2.25. The number of amides is 1. The van der Waals surface area contributed by atoms with Crippen molar-refractivity contribution in [2.24, 2.45) is 4.99 Å². The third-order valence-corrected chi connectivity index (χ3v) is 3.34. The Morgan fingerprint density at radius 1 is 1.33 bits per heavy atom. The van der Waals surface area contributed by atoms with Crippen molar-refractivity contribution in [1.29, 1.82) is 0 Å². The quantitative estimate of drug-likeness (QED) is 0.356. The summed E-state index contributed by atoms with van der Waals surface area (Å²) in [6, 6.07) is 3.54. The first kappa shape index (κ1) is 22.5. The summed E-state index contributed by atoms with van der Waals surface area (Å²) in [6.07, 6.45) is 1.95. The summed E-state index contributed by atoms with van der Waals surface area (Å²) in [4.78, 5) is 23.7. The molecular formula is C19H17F4N5O2. The average molecular weight is 423 g/mol. The molecular weight excluding hydrogens is 406 g/mol. The topological polar surface area (TPSA) is 88.5 Å². The number of aliphatic imine (C=N–C) groups is 1. The van der Waals surface area contributed by atoms with Crippen LogP contribution in [0.25, 0.3) is 0 Å². The van der Waals surface area contributed by atoms with Crippen molar-refractivity contribution >= 4 is 23.6 Å². The molecule has 0 bridgehead atoms. The fourth-order valence-electron chi connectivity index (χ4n) is 2.06. The van der Waals surface area contributed by atoms with Crippen LogP contribution in [-0.4, -0.2) is 35.1 Å². The van der Waals surface area contributed by atoms with Gasteiger partial charge in [0.05, 0.1) is 12.4 Å². The molecule has 0 aliphatic heterocycles. The average Bonchev–Trinajstić information content (AvgIpc) is 2.71. The van der Waals surface area contributed by atoms with Gasteiger partial charge in [-0.25, -0.2) is 28.1 Å². The molecule has 158 valence electrons. The molecule has 7 nitrogen and oxygen atoms in total. The second-order valence-electron chi connectivity index (χ2n) is 5.59. The molecule has 2 rings (SSSR count). The molecule has 2 aromatic heterocycles. The Bertz CT molecular complexity index is 979. The summed E-state index contributed by atoms with van der Waals surface area (Å²) in [5.74, 6) is -2.16. The van der Waals surface area contributed by atoms with Crippen LogP contribution in [0.2, 0.25) is 0 Å². The van der Waals surface area contributed by atoms with Crippen molar-refractivity contribution in [2.75, 3.05) is 17.2 Å². The number of halogens is 4. The molecule has 0 fully saturated rings. The van der Waals surface area contributed by atoms with E-state index < -0.39 is 30.7 Å². The maximum absolute atomic E-state index is 13.3. The predicted octanol–water partition coefficient (Wildman–Crippen LogP) is 4.34. The monoisotopic (exact) mass is 423 g/mol. The minimum atomic E-state index is -2.78. The van der Waals surface area contributed by atoms with E-state index >= 15 is 0 Å². The van der Waals surface area contributed by atoms with Crippen LogP contribution < -0.4 is 15.4 Å². The first-order valence-corrected chi connectivity index (χ1v) is 8.44. The number of ether oxygens (including phenoxy) is 1. The number of carbonyl (C=O) groups is 1. The number of anilines is 2. The van der Waals surface area contributed by atoms with Gasteiger partial charge in [0.2, 0.25) is 5.95 Å². The third-order valence-electron chi connectivity index (χ3n) is 3.34. The van der Waals surface area contributed by atoms with E-state index in [2.05, 4.69) is 32.2 Å². The van der Waals surface area contributed by atoms with Gasteiger partial charge in [0.1, 0.15) is 35.5 Å². The van der Waals surface area contributed by atoms with Crippen LogP contribution in [0.4, 0.5) is 29.1 Å². The van der Waals surface area contributed by atoms with Gasteiger partial charge in [0, 0.05) is 17.8 Å². The van der Waals surface area contributed by atoms with Crippen LogP contribution in [0.1, 0.15) is 17.3 Å². The number of allylic oxidation sites excluding steroid dienone is 2. The minimum absolute atomic E-state index is 0.0893.